The SMILES string of the molecule is CCCCCCCC1=[Te]c2ccccc2C(=O)C1. The number of unbranched alkanes of at least 4 members (excludes halogenated alkanes) is 4. The molecular formula is C16H21OTe. The minimum absolute atomic E-state index is 0.220. The van der Waals surface area contributed by atoms with Crippen molar-refractivity contribution in [2.45, 2.75) is 51.9 Å². The quantitative estimate of drug-likeness (QED) is 0.565. The van der Waals surface area contributed by atoms with Crippen molar-refractivity contribution in [1.29, 1.82) is 0 Å². The average molecular weight is 357 g/mol. The van der Waals surface area contributed by atoms with E-state index in [4.69, 9.17) is 0 Å². The Kier molecular flexibility index (Phi) is 5.60. The second kappa shape index (κ2) is 7.22. The molecular weight excluding hydrogens is 336 g/mol. The second-order valence-corrected chi connectivity index (χ2v) is 8.39. The van der Waals surface area contributed by atoms with Crippen LogP contribution in [-0.2, 0) is 0 Å². The van der Waals surface area contributed by atoms with Crippen LogP contribution in [0.1, 0.15) is 62.2 Å². The van der Waals surface area contributed by atoms with Crippen LogP contribution >= 0.6 is 0 Å². The number of ketones is 1. The molecule has 0 aromatic heterocycles. The minimum atomic E-state index is -0.220. The summed E-state index contributed by atoms with van der Waals surface area (Å²) in [6.07, 6.45) is 8.58. The number of benzene rings is 1. The summed E-state index contributed by atoms with van der Waals surface area (Å²) < 4.78 is 2.93. The molecule has 97 valence electrons. The summed E-state index contributed by atoms with van der Waals surface area (Å²) in [4.78, 5) is 12.0. The standard InChI is InChI=1S/C16H21OTe/c1-2-3-4-5-6-9-13-12-15(17)14-10-7-8-11-16(14)18-13/h7-8,10-11H,2-6,9,12H2,1H3. The summed E-state index contributed by atoms with van der Waals surface area (Å²) in [7, 11) is 0. The molecule has 0 unspecified atom stereocenters. The molecule has 0 fully saturated rings. The van der Waals surface area contributed by atoms with Crippen LogP contribution in [0.3, 0.4) is 0 Å². The Balaban J connectivity index is 1.91. The predicted octanol–water partition coefficient (Wildman–Crippen LogP) is 3.14. The van der Waals surface area contributed by atoms with Gasteiger partial charge in [-0.05, 0) is 0 Å². The van der Waals surface area contributed by atoms with Gasteiger partial charge in [-0.2, -0.15) is 0 Å². The van der Waals surface area contributed by atoms with Gasteiger partial charge in [0.1, 0.15) is 0 Å². The van der Waals surface area contributed by atoms with E-state index in [1.54, 1.807) is 3.55 Å². The molecule has 0 atom stereocenters. The van der Waals surface area contributed by atoms with Gasteiger partial charge in [-0.25, -0.2) is 0 Å². The van der Waals surface area contributed by atoms with E-state index < -0.39 is 0 Å². The van der Waals surface area contributed by atoms with Crippen LogP contribution in [0.2, 0.25) is 0 Å². The van der Waals surface area contributed by atoms with Gasteiger partial charge in [0.2, 0.25) is 0 Å². The van der Waals surface area contributed by atoms with Crippen molar-refractivity contribution in [1.82, 2.24) is 0 Å². The monoisotopic (exact) mass is 359 g/mol. The van der Waals surface area contributed by atoms with Crippen LogP contribution < -0.4 is 3.61 Å². The molecule has 0 saturated carbocycles. The molecule has 0 N–H and O–H groups in total. The summed E-state index contributed by atoms with van der Waals surface area (Å²) in [6, 6.07) is 8.21. The van der Waals surface area contributed by atoms with Gasteiger partial charge in [0.05, 0.1) is 0 Å². The second-order valence-electron chi connectivity index (χ2n) is 4.90. The first-order valence-corrected chi connectivity index (χ1v) is 9.29. The van der Waals surface area contributed by atoms with Gasteiger partial charge in [0.15, 0.2) is 0 Å². The molecule has 0 amide bonds. The fourth-order valence-electron chi connectivity index (χ4n) is 2.32. The van der Waals surface area contributed by atoms with Gasteiger partial charge in [0.25, 0.3) is 0 Å². The van der Waals surface area contributed by atoms with Crippen molar-refractivity contribution in [2.24, 2.45) is 0 Å². The molecule has 0 spiro atoms. The number of Topliss-reactive ketones (excluding diaryl/α,β-unsaturated/α-hetero) is 1. The fraction of sp³-hybridized carbons (Fsp3) is 0.500. The Morgan fingerprint density at radius 2 is 1.89 bits per heavy atom. The van der Waals surface area contributed by atoms with E-state index in [2.05, 4.69) is 19.1 Å². The Morgan fingerprint density at radius 1 is 1.11 bits per heavy atom. The molecule has 18 heavy (non-hydrogen) atoms. The van der Waals surface area contributed by atoms with Crippen molar-refractivity contribution in [3.05, 3.63) is 29.8 Å². The van der Waals surface area contributed by atoms with Crippen LogP contribution in [0, 0.1) is 0 Å². The average Bonchev–Trinajstić information content (AvgIpc) is 2.39. The normalized spacial score (nSPS) is 14.3. The zero-order valence-corrected chi connectivity index (χ0v) is 13.4. The van der Waals surface area contributed by atoms with Crippen molar-refractivity contribution in [3.63, 3.8) is 0 Å². The van der Waals surface area contributed by atoms with E-state index >= 15 is 0 Å². The summed E-state index contributed by atoms with van der Waals surface area (Å²) in [5, 5.41) is 0. The number of hydrogen-bond acceptors (Lipinski definition) is 1. The molecule has 1 radical (unpaired) electrons. The molecule has 2 heteroatoms. The van der Waals surface area contributed by atoms with Crippen molar-refractivity contribution in [2.75, 3.05) is 0 Å². The Hall–Kier alpha value is -0.450. The van der Waals surface area contributed by atoms with Gasteiger partial charge < -0.3 is 0 Å². The number of carbonyl (C=O) groups is 1. The molecule has 0 saturated heterocycles. The van der Waals surface area contributed by atoms with Gasteiger partial charge in [-0.1, -0.05) is 0 Å². The zero-order valence-electron chi connectivity index (χ0n) is 11.1. The van der Waals surface area contributed by atoms with Gasteiger partial charge in [0, 0.05) is 0 Å². The summed E-state index contributed by atoms with van der Waals surface area (Å²) in [5.41, 5.74) is 1.01. The van der Waals surface area contributed by atoms with E-state index in [1.165, 1.54) is 42.1 Å². The molecule has 2 rings (SSSR count). The third kappa shape index (κ3) is 3.77. The Labute approximate surface area is 120 Å². The first-order valence-electron chi connectivity index (χ1n) is 6.96. The molecule has 0 aliphatic carbocycles. The topological polar surface area (TPSA) is 17.1 Å². The maximum atomic E-state index is 12.0. The number of hydrogen-bond donors (Lipinski definition) is 0. The molecule has 1 aliphatic rings. The molecule has 1 aromatic rings. The third-order valence-corrected chi connectivity index (χ3v) is 6.82. The number of rotatable bonds is 6. The van der Waals surface area contributed by atoms with Crippen molar-refractivity contribution < 1.29 is 4.79 Å². The molecule has 0 bridgehead atoms. The van der Waals surface area contributed by atoms with E-state index in [1.807, 2.05) is 12.1 Å². The molecule has 1 aromatic carbocycles. The first kappa shape index (κ1) is 14.0. The zero-order chi connectivity index (χ0) is 12.8. The first-order chi connectivity index (χ1) is 8.81. The number of fused-ring (bicyclic) bond motifs is 1. The van der Waals surface area contributed by atoms with Crippen LogP contribution in [0.25, 0.3) is 0 Å². The molecule has 1 aliphatic heterocycles. The van der Waals surface area contributed by atoms with Gasteiger partial charge >= 0.3 is 120 Å². The third-order valence-electron chi connectivity index (χ3n) is 3.36. The van der Waals surface area contributed by atoms with E-state index in [0.717, 1.165) is 12.0 Å². The van der Waals surface area contributed by atoms with Gasteiger partial charge in [-0.3, -0.25) is 0 Å². The molecule has 1 heterocycles. The Bertz CT molecular complexity index is 448. The predicted molar refractivity (Wildman–Crippen MR) is 79.2 cm³/mol. The van der Waals surface area contributed by atoms with E-state index in [-0.39, 0.29) is 20.5 Å². The number of carbonyl (C=O) groups excluding carboxylic acids is 1. The van der Waals surface area contributed by atoms with Crippen molar-refractivity contribution >= 4 is 33.4 Å². The van der Waals surface area contributed by atoms with Crippen molar-refractivity contribution in [3.8, 4) is 0 Å². The van der Waals surface area contributed by atoms with Crippen LogP contribution in [0.4, 0.5) is 0 Å². The van der Waals surface area contributed by atoms with Crippen LogP contribution in [0.15, 0.2) is 24.3 Å². The van der Waals surface area contributed by atoms with Crippen LogP contribution in [-0.4, -0.2) is 29.8 Å². The van der Waals surface area contributed by atoms with E-state index in [0.29, 0.717) is 5.78 Å². The summed E-state index contributed by atoms with van der Waals surface area (Å²) in [6.45, 7) is 2.25. The maximum absolute atomic E-state index is 12.0. The van der Waals surface area contributed by atoms with Crippen LogP contribution in [0.5, 0.6) is 0 Å². The van der Waals surface area contributed by atoms with Gasteiger partial charge in [-0.15, -0.1) is 0 Å². The molecule has 1 nitrogen and oxygen atoms in total. The van der Waals surface area contributed by atoms with E-state index in [9.17, 15) is 4.79 Å². The fourth-order valence-corrected chi connectivity index (χ4v) is 5.74. The summed E-state index contributed by atoms with van der Waals surface area (Å²) >= 11 is -0.220. The Morgan fingerprint density at radius 3 is 2.72 bits per heavy atom. The summed E-state index contributed by atoms with van der Waals surface area (Å²) in [5.74, 6) is 0.352.